The molecule has 0 bridgehead atoms. The molecule has 3 aromatic rings. The molecule has 1 aromatic heterocycles. The Kier molecular flexibility index (Phi) is 6.76. The zero-order valence-corrected chi connectivity index (χ0v) is 18.7. The molecule has 1 aliphatic carbocycles. The van der Waals surface area contributed by atoms with Gasteiger partial charge in [-0.05, 0) is 62.1 Å². The number of urea groups is 1. The maximum Gasteiger partial charge on any atom is 0.322 e. The number of aromatic nitrogens is 1. The van der Waals surface area contributed by atoms with Crippen LogP contribution in [-0.4, -0.2) is 21.5 Å². The number of nitrogens with one attached hydrogen (secondary N) is 1. The minimum Gasteiger partial charge on any atom is -0.345 e. The first-order valence-corrected chi connectivity index (χ1v) is 11.4. The van der Waals surface area contributed by atoms with Crippen LogP contribution in [-0.2, 0) is 13.1 Å². The first kappa shape index (κ1) is 21.2. The normalized spacial score (nSPS) is 14.4. The number of hydrogen-bond donors (Lipinski definition) is 1. The average molecular weight is 416 g/mol. The van der Waals surface area contributed by atoms with Crippen LogP contribution in [0.3, 0.4) is 0 Å². The molecule has 4 rings (SSSR count). The molecule has 31 heavy (non-hydrogen) atoms. The first-order valence-electron chi connectivity index (χ1n) is 11.4. The highest BCUT2D eigenvalue weighted by Gasteiger charge is 2.26. The fraction of sp³-hybridized carbons (Fsp3) is 0.370. The van der Waals surface area contributed by atoms with Gasteiger partial charge < -0.3 is 14.8 Å². The number of carbonyl (C=O) groups is 1. The zero-order chi connectivity index (χ0) is 21.6. The highest BCUT2D eigenvalue weighted by Crippen LogP contribution is 2.25. The monoisotopic (exact) mass is 415 g/mol. The molecule has 2 aromatic carbocycles. The van der Waals surface area contributed by atoms with Crippen LogP contribution < -0.4 is 5.32 Å². The van der Waals surface area contributed by atoms with E-state index in [1.165, 1.54) is 36.1 Å². The van der Waals surface area contributed by atoms with Gasteiger partial charge in [-0.2, -0.15) is 0 Å². The van der Waals surface area contributed by atoms with Crippen LogP contribution in [0, 0.1) is 13.8 Å². The van der Waals surface area contributed by atoms with Gasteiger partial charge in [-0.25, -0.2) is 4.79 Å². The van der Waals surface area contributed by atoms with Crippen molar-refractivity contribution in [2.24, 2.45) is 0 Å². The minimum absolute atomic E-state index is 0.000746. The number of carbonyl (C=O) groups excluding carboxylic acids is 1. The van der Waals surface area contributed by atoms with E-state index in [9.17, 15) is 4.79 Å². The molecule has 1 saturated carbocycles. The number of anilines is 1. The highest BCUT2D eigenvalue weighted by atomic mass is 16.2. The van der Waals surface area contributed by atoms with Crippen LogP contribution >= 0.6 is 0 Å². The van der Waals surface area contributed by atoms with E-state index in [-0.39, 0.29) is 6.03 Å². The number of rotatable bonds is 6. The van der Waals surface area contributed by atoms with Crippen molar-refractivity contribution in [3.8, 4) is 0 Å². The van der Waals surface area contributed by atoms with Crippen LogP contribution in [0.4, 0.5) is 10.5 Å². The quantitative estimate of drug-likeness (QED) is 0.489. The maximum atomic E-state index is 13.4. The van der Waals surface area contributed by atoms with Crippen LogP contribution in [0.1, 0.15) is 54.5 Å². The number of nitrogens with zero attached hydrogens (tertiary/aromatic N) is 2. The second-order valence-corrected chi connectivity index (χ2v) is 8.84. The summed E-state index contributed by atoms with van der Waals surface area (Å²) in [5.41, 5.74) is 5.74. The molecule has 0 spiro atoms. The van der Waals surface area contributed by atoms with E-state index in [0.29, 0.717) is 12.6 Å². The van der Waals surface area contributed by atoms with E-state index in [1.54, 1.807) is 0 Å². The second-order valence-electron chi connectivity index (χ2n) is 8.84. The standard InChI is InChI=1S/C27H33N3O/c1-21-9-6-11-23(17-21)19-29-16-8-15-26(29)20-30(25-13-4-3-5-14-25)27(31)28-24-12-7-10-22(2)18-24/h6-12,15-18,25H,3-5,13-14,19-20H2,1-2H3,(H,28,31). The third-order valence-electron chi connectivity index (χ3n) is 6.24. The summed E-state index contributed by atoms with van der Waals surface area (Å²) in [5, 5.41) is 3.15. The van der Waals surface area contributed by atoms with Gasteiger partial charge in [-0.3, -0.25) is 0 Å². The Labute approximate surface area is 185 Å². The lowest BCUT2D eigenvalue weighted by Gasteiger charge is -2.34. The summed E-state index contributed by atoms with van der Waals surface area (Å²) in [6, 6.07) is 21.2. The molecular weight excluding hydrogens is 382 g/mol. The molecule has 0 saturated heterocycles. The highest BCUT2D eigenvalue weighted by molar-refractivity contribution is 5.89. The van der Waals surface area contributed by atoms with Crippen molar-refractivity contribution in [2.75, 3.05) is 5.32 Å². The van der Waals surface area contributed by atoms with Gasteiger partial charge in [0.2, 0.25) is 0 Å². The van der Waals surface area contributed by atoms with Gasteiger partial charge in [-0.15, -0.1) is 0 Å². The molecule has 1 heterocycles. The number of benzene rings is 2. The molecule has 0 atom stereocenters. The van der Waals surface area contributed by atoms with Gasteiger partial charge in [0, 0.05) is 30.2 Å². The van der Waals surface area contributed by atoms with Gasteiger partial charge in [0.1, 0.15) is 0 Å². The lowest BCUT2D eigenvalue weighted by atomic mass is 9.94. The lowest BCUT2D eigenvalue weighted by molar-refractivity contribution is 0.161. The summed E-state index contributed by atoms with van der Waals surface area (Å²) in [6.45, 7) is 5.62. The SMILES string of the molecule is Cc1cccc(Cn2cccc2CN(C(=O)Nc2cccc(C)c2)C2CCCCC2)c1. The van der Waals surface area contributed by atoms with Gasteiger partial charge in [0.15, 0.2) is 0 Å². The Balaban J connectivity index is 1.54. The summed E-state index contributed by atoms with van der Waals surface area (Å²) in [5.74, 6) is 0. The van der Waals surface area contributed by atoms with Crippen LogP contribution in [0.5, 0.6) is 0 Å². The van der Waals surface area contributed by atoms with E-state index in [1.807, 2.05) is 31.2 Å². The van der Waals surface area contributed by atoms with Crippen molar-refractivity contribution in [1.29, 1.82) is 0 Å². The van der Waals surface area contributed by atoms with Crippen molar-refractivity contribution >= 4 is 11.7 Å². The molecule has 1 fully saturated rings. The third kappa shape index (κ3) is 5.57. The van der Waals surface area contributed by atoms with Crippen LogP contribution in [0.15, 0.2) is 66.9 Å². The Morgan fingerprint density at radius 2 is 1.71 bits per heavy atom. The van der Waals surface area contributed by atoms with E-state index in [4.69, 9.17) is 0 Å². The molecule has 0 aliphatic heterocycles. The molecular formula is C27H33N3O. The molecule has 2 amide bonds. The minimum atomic E-state index is 0.000746. The van der Waals surface area contributed by atoms with Gasteiger partial charge in [0.25, 0.3) is 0 Å². The molecule has 1 aliphatic rings. The van der Waals surface area contributed by atoms with E-state index in [2.05, 4.69) is 64.3 Å². The molecule has 1 N–H and O–H groups in total. The lowest BCUT2D eigenvalue weighted by Crippen LogP contribution is -2.43. The summed E-state index contributed by atoms with van der Waals surface area (Å²) in [7, 11) is 0. The van der Waals surface area contributed by atoms with Crippen molar-refractivity contribution in [2.45, 2.75) is 65.1 Å². The van der Waals surface area contributed by atoms with Crippen molar-refractivity contribution in [3.05, 3.63) is 89.2 Å². The van der Waals surface area contributed by atoms with Crippen LogP contribution in [0.2, 0.25) is 0 Å². The average Bonchev–Trinajstić information content (AvgIpc) is 3.19. The third-order valence-corrected chi connectivity index (χ3v) is 6.24. The van der Waals surface area contributed by atoms with Gasteiger partial charge in [-0.1, -0.05) is 61.2 Å². The number of hydrogen-bond acceptors (Lipinski definition) is 1. The molecule has 4 heteroatoms. The Morgan fingerprint density at radius 3 is 2.45 bits per heavy atom. The topological polar surface area (TPSA) is 37.3 Å². The summed E-state index contributed by atoms with van der Waals surface area (Å²) >= 11 is 0. The largest absolute Gasteiger partial charge is 0.345 e. The van der Waals surface area contributed by atoms with Crippen molar-refractivity contribution in [1.82, 2.24) is 9.47 Å². The van der Waals surface area contributed by atoms with Gasteiger partial charge >= 0.3 is 6.03 Å². The fourth-order valence-electron chi connectivity index (χ4n) is 4.61. The molecule has 0 radical (unpaired) electrons. The first-order chi connectivity index (χ1) is 15.1. The Morgan fingerprint density at radius 1 is 0.968 bits per heavy atom. The smallest absolute Gasteiger partial charge is 0.322 e. The van der Waals surface area contributed by atoms with E-state index < -0.39 is 0 Å². The van der Waals surface area contributed by atoms with Crippen molar-refractivity contribution < 1.29 is 4.79 Å². The second kappa shape index (κ2) is 9.86. The van der Waals surface area contributed by atoms with Crippen LogP contribution in [0.25, 0.3) is 0 Å². The summed E-state index contributed by atoms with van der Waals surface area (Å²) in [6.07, 6.45) is 7.95. The molecule has 162 valence electrons. The molecule has 4 nitrogen and oxygen atoms in total. The van der Waals surface area contributed by atoms with E-state index >= 15 is 0 Å². The summed E-state index contributed by atoms with van der Waals surface area (Å²) < 4.78 is 2.27. The van der Waals surface area contributed by atoms with E-state index in [0.717, 1.165) is 30.6 Å². The fourth-order valence-corrected chi connectivity index (χ4v) is 4.61. The van der Waals surface area contributed by atoms with Gasteiger partial charge in [0.05, 0.1) is 6.54 Å². The Bertz CT molecular complexity index is 1020. The number of aryl methyl sites for hydroxylation is 2. The Hall–Kier alpha value is -3.01. The van der Waals surface area contributed by atoms with Crippen molar-refractivity contribution in [3.63, 3.8) is 0 Å². The predicted molar refractivity (Wildman–Crippen MR) is 127 cm³/mol. The predicted octanol–water partition coefficient (Wildman–Crippen LogP) is 6.52. The summed E-state index contributed by atoms with van der Waals surface area (Å²) in [4.78, 5) is 15.4. The number of amides is 2. The zero-order valence-electron chi connectivity index (χ0n) is 18.7. The maximum absolute atomic E-state index is 13.4. The molecule has 0 unspecified atom stereocenters.